The molecule has 0 aliphatic rings. The minimum atomic E-state index is -4.64. The molecule has 0 saturated heterocycles. The summed E-state index contributed by atoms with van der Waals surface area (Å²) in [4.78, 5) is -0.885. The molecule has 14 heteroatoms. The maximum Gasteiger partial charge on any atom is 0.296 e. The lowest BCUT2D eigenvalue weighted by Gasteiger charge is -2.11. The molecule has 6 N–H and O–H groups in total. The maximum absolute atomic E-state index is 12.2. The fourth-order valence-corrected chi connectivity index (χ4v) is 6.72. The Kier molecular flexibility index (Phi) is 8.26. The monoisotopic (exact) mass is 680 g/mol. The van der Waals surface area contributed by atoms with Gasteiger partial charge >= 0.3 is 0 Å². The first-order valence-corrected chi connectivity index (χ1v) is 17.2. The molecular formula is C34H28N6O6S2. The third-order valence-electron chi connectivity index (χ3n) is 7.85. The van der Waals surface area contributed by atoms with E-state index in [4.69, 9.17) is 11.5 Å². The van der Waals surface area contributed by atoms with Gasteiger partial charge in [-0.15, -0.1) is 10.2 Å². The smallest absolute Gasteiger partial charge is 0.296 e. The summed E-state index contributed by atoms with van der Waals surface area (Å²) in [6, 6.07) is 27.2. The van der Waals surface area contributed by atoms with Crippen LogP contribution in [0.1, 0.15) is 11.1 Å². The lowest BCUT2D eigenvalue weighted by atomic mass is 10.0. The molecule has 0 aliphatic heterocycles. The minimum absolute atomic E-state index is 0.0731. The Labute approximate surface area is 276 Å². The topological polar surface area (TPSA) is 210 Å². The highest BCUT2D eigenvalue weighted by molar-refractivity contribution is 7.86. The number of fused-ring (bicyclic) bond motifs is 2. The van der Waals surface area contributed by atoms with Gasteiger partial charge in [-0.3, -0.25) is 9.11 Å². The average Bonchev–Trinajstić information content (AvgIpc) is 3.04. The molecule has 6 rings (SSSR count). The summed E-state index contributed by atoms with van der Waals surface area (Å²) < 4.78 is 68.3. The molecular weight excluding hydrogens is 653 g/mol. The molecule has 6 aromatic carbocycles. The van der Waals surface area contributed by atoms with Gasteiger partial charge in [0.25, 0.3) is 20.2 Å². The van der Waals surface area contributed by atoms with Crippen molar-refractivity contribution in [3.8, 4) is 11.1 Å². The summed E-state index contributed by atoms with van der Waals surface area (Å²) in [5.74, 6) is 0. The van der Waals surface area contributed by atoms with Crippen molar-refractivity contribution in [1.82, 2.24) is 0 Å². The first-order chi connectivity index (χ1) is 22.7. The molecule has 0 saturated carbocycles. The van der Waals surface area contributed by atoms with Gasteiger partial charge in [-0.1, -0.05) is 60.7 Å². The Morgan fingerprint density at radius 2 is 0.896 bits per heavy atom. The predicted octanol–water partition coefficient (Wildman–Crippen LogP) is 8.77. The van der Waals surface area contributed by atoms with E-state index in [1.54, 1.807) is 60.7 Å². The first-order valence-electron chi connectivity index (χ1n) is 14.3. The van der Waals surface area contributed by atoms with Crippen molar-refractivity contribution in [3.05, 3.63) is 108 Å². The normalized spacial score (nSPS) is 12.5. The van der Waals surface area contributed by atoms with Gasteiger partial charge in [0.05, 0.1) is 22.7 Å². The summed E-state index contributed by atoms with van der Waals surface area (Å²) in [7, 11) is -9.29. The highest BCUT2D eigenvalue weighted by Gasteiger charge is 2.22. The van der Waals surface area contributed by atoms with Crippen molar-refractivity contribution in [3.63, 3.8) is 0 Å². The van der Waals surface area contributed by atoms with Gasteiger partial charge in [0.15, 0.2) is 0 Å². The molecule has 0 bridgehead atoms. The van der Waals surface area contributed by atoms with E-state index in [-0.39, 0.29) is 22.7 Å². The van der Waals surface area contributed by atoms with Crippen molar-refractivity contribution < 1.29 is 25.9 Å². The molecule has 0 radical (unpaired) electrons. The van der Waals surface area contributed by atoms with Crippen molar-refractivity contribution >= 4 is 75.9 Å². The van der Waals surface area contributed by atoms with E-state index in [0.29, 0.717) is 32.9 Å². The standard InChI is InChI=1S/C34H28N6O6S2/c1-19-15-21(11-13-27(19)37-39-33-29(47(41,42)43)17-23-7-3-5-9-25(23)31(33)35)22-12-14-28(20(2)16-22)38-40-34-30(48(44,45)46)18-24-8-4-6-10-26(24)32(34)36/h3-18H,35-36H2,1-2H3,(H,41,42,43)(H,44,45,46)/b39-37+,40-38+. The van der Waals surface area contributed by atoms with Gasteiger partial charge in [-0.25, -0.2) is 0 Å². The second-order valence-electron chi connectivity index (χ2n) is 11.1. The van der Waals surface area contributed by atoms with Gasteiger partial charge in [0.2, 0.25) is 0 Å². The summed E-state index contributed by atoms with van der Waals surface area (Å²) in [5.41, 5.74) is 16.4. The van der Waals surface area contributed by atoms with Gasteiger partial charge in [0.1, 0.15) is 21.2 Å². The van der Waals surface area contributed by atoms with E-state index in [0.717, 1.165) is 22.3 Å². The quantitative estimate of drug-likeness (QED) is 0.0725. The zero-order chi connectivity index (χ0) is 34.4. The number of benzene rings is 6. The van der Waals surface area contributed by atoms with Crippen LogP contribution in [0.4, 0.5) is 34.1 Å². The summed E-state index contributed by atoms with van der Waals surface area (Å²) in [5, 5.41) is 19.0. The number of azo groups is 2. The average molecular weight is 681 g/mol. The van der Waals surface area contributed by atoms with Crippen molar-refractivity contribution in [2.75, 3.05) is 11.5 Å². The second kappa shape index (κ2) is 12.2. The molecule has 6 aromatic rings. The highest BCUT2D eigenvalue weighted by Crippen LogP contribution is 2.40. The molecule has 48 heavy (non-hydrogen) atoms. The van der Waals surface area contributed by atoms with Crippen LogP contribution in [0.5, 0.6) is 0 Å². The Morgan fingerprint density at radius 3 is 1.25 bits per heavy atom. The Morgan fingerprint density at radius 1 is 0.521 bits per heavy atom. The van der Waals surface area contributed by atoms with E-state index in [1.165, 1.54) is 12.1 Å². The number of nitrogen functional groups attached to an aromatic ring is 2. The molecule has 0 heterocycles. The van der Waals surface area contributed by atoms with Crippen LogP contribution in [-0.4, -0.2) is 25.9 Å². The number of nitrogens with zero attached hydrogens (tertiary/aromatic N) is 4. The first kappa shape index (κ1) is 32.4. The third kappa shape index (κ3) is 6.24. The van der Waals surface area contributed by atoms with Crippen LogP contribution >= 0.6 is 0 Å². The summed E-state index contributed by atoms with van der Waals surface area (Å²) in [6.07, 6.45) is 0. The number of hydrogen-bond acceptors (Lipinski definition) is 10. The van der Waals surface area contributed by atoms with Crippen molar-refractivity contribution in [1.29, 1.82) is 0 Å². The zero-order valence-electron chi connectivity index (χ0n) is 25.5. The largest absolute Gasteiger partial charge is 0.396 e. The zero-order valence-corrected chi connectivity index (χ0v) is 27.2. The Hall–Kier alpha value is -5.54. The maximum atomic E-state index is 12.2. The van der Waals surface area contributed by atoms with Gasteiger partial charge in [0, 0.05) is 10.8 Å². The van der Waals surface area contributed by atoms with Gasteiger partial charge in [-0.05, 0) is 83.3 Å². The van der Waals surface area contributed by atoms with E-state index in [2.05, 4.69) is 20.5 Å². The summed E-state index contributed by atoms with van der Waals surface area (Å²) in [6.45, 7) is 3.64. The van der Waals surface area contributed by atoms with E-state index >= 15 is 0 Å². The Balaban J connectivity index is 1.31. The second-order valence-corrected chi connectivity index (χ2v) is 13.8. The molecule has 0 aromatic heterocycles. The van der Waals surface area contributed by atoms with Gasteiger partial charge in [-0.2, -0.15) is 27.1 Å². The van der Waals surface area contributed by atoms with Crippen LogP contribution in [-0.2, 0) is 20.2 Å². The minimum Gasteiger partial charge on any atom is -0.396 e. The molecule has 0 fully saturated rings. The summed E-state index contributed by atoms with van der Waals surface area (Å²) >= 11 is 0. The number of anilines is 2. The van der Waals surface area contributed by atoms with Crippen LogP contribution < -0.4 is 11.5 Å². The molecule has 0 atom stereocenters. The van der Waals surface area contributed by atoms with Crippen LogP contribution in [0.3, 0.4) is 0 Å². The van der Waals surface area contributed by atoms with Gasteiger partial charge < -0.3 is 11.5 Å². The van der Waals surface area contributed by atoms with Crippen LogP contribution in [0.25, 0.3) is 32.7 Å². The fraction of sp³-hybridized carbons (Fsp3) is 0.0588. The van der Waals surface area contributed by atoms with E-state index in [9.17, 15) is 25.9 Å². The van der Waals surface area contributed by atoms with Crippen molar-refractivity contribution in [2.24, 2.45) is 20.5 Å². The molecule has 12 nitrogen and oxygen atoms in total. The Bertz CT molecular complexity index is 2390. The van der Waals surface area contributed by atoms with Crippen molar-refractivity contribution in [2.45, 2.75) is 23.6 Å². The number of hydrogen-bond donors (Lipinski definition) is 4. The SMILES string of the molecule is Cc1cc(-c2ccc(/N=N/c3c(S(=O)(=O)O)cc4ccccc4c3N)c(C)c2)ccc1/N=N/c1c(S(=O)(=O)O)cc2ccccc2c1N. The lowest BCUT2D eigenvalue weighted by Crippen LogP contribution is -2.01. The third-order valence-corrected chi connectivity index (χ3v) is 9.58. The number of nitrogens with two attached hydrogens (primary N) is 2. The molecule has 0 aliphatic carbocycles. The highest BCUT2D eigenvalue weighted by atomic mass is 32.2. The van der Waals surface area contributed by atoms with E-state index in [1.807, 2.05) is 38.1 Å². The van der Waals surface area contributed by atoms with Crippen LogP contribution in [0.15, 0.2) is 127 Å². The van der Waals surface area contributed by atoms with Crippen LogP contribution in [0, 0.1) is 13.8 Å². The van der Waals surface area contributed by atoms with E-state index < -0.39 is 30.0 Å². The molecule has 242 valence electrons. The number of rotatable bonds is 7. The molecule has 0 unspecified atom stereocenters. The predicted molar refractivity (Wildman–Crippen MR) is 186 cm³/mol. The fourth-order valence-electron chi connectivity index (χ4n) is 5.38. The van der Waals surface area contributed by atoms with Crippen LogP contribution in [0.2, 0.25) is 0 Å². The number of aryl methyl sites for hydroxylation is 2. The lowest BCUT2D eigenvalue weighted by molar-refractivity contribution is 0.481. The molecule has 0 spiro atoms. The molecule has 0 amide bonds.